The van der Waals surface area contributed by atoms with Gasteiger partial charge in [0.2, 0.25) is 0 Å². The van der Waals surface area contributed by atoms with E-state index in [9.17, 15) is 14.9 Å². The molecule has 0 spiro atoms. The maximum absolute atomic E-state index is 13.0. The molecule has 1 aromatic heterocycles. The van der Waals surface area contributed by atoms with Crippen LogP contribution in [0, 0.1) is 10.1 Å². The van der Waals surface area contributed by atoms with Gasteiger partial charge in [0.05, 0.1) is 15.1 Å². The second-order valence-electron chi connectivity index (χ2n) is 6.03. The normalized spacial score (nSPS) is 10.6. The summed E-state index contributed by atoms with van der Waals surface area (Å²) in [5.41, 5.74) is 1.20. The number of anilines is 1. The quantitative estimate of drug-likeness (QED) is 0.459. The van der Waals surface area contributed by atoms with E-state index in [1.807, 2.05) is 43.3 Å². The number of carbonyl (C=O) groups is 1. The van der Waals surface area contributed by atoms with Gasteiger partial charge in [0, 0.05) is 30.8 Å². The van der Waals surface area contributed by atoms with Crippen molar-refractivity contribution in [1.82, 2.24) is 9.88 Å². The zero-order chi connectivity index (χ0) is 18.7. The number of aromatic nitrogens is 1. The SMILES string of the molecule is CN(C)CCN(C(=O)c1ccc([N+](=O)[O-])cc1)c1nc2ccccc2s1.Cl. The van der Waals surface area contributed by atoms with Crippen molar-refractivity contribution in [1.29, 1.82) is 0 Å². The number of fused-ring (bicyclic) bond motifs is 1. The largest absolute Gasteiger partial charge is 0.308 e. The van der Waals surface area contributed by atoms with Gasteiger partial charge in [-0.2, -0.15) is 0 Å². The Bertz CT molecular complexity index is 910. The van der Waals surface area contributed by atoms with Gasteiger partial charge in [-0.25, -0.2) is 4.98 Å². The van der Waals surface area contributed by atoms with E-state index in [1.165, 1.54) is 35.6 Å². The Morgan fingerprint density at radius 3 is 2.37 bits per heavy atom. The third-order valence-corrected chi connectivity index (χ3v) is 4.91. The summed E-state index contributed by atoms with van der Waals surface area (Å²) in [6.07, 6.45) is 0. The minimum absolute atomic E-state index is 0. The molecule has 2 aromatic carbocycles. The Morgan fingerprint density at radius 1 is 1.11 bits per heavy atom. The van der Waals surface area contributed by atoms with Crippen molar-refractivity contribution in [3.8, 4) is 0 Å². The number of non-ortho nitro benzene ring substituents is 1. The van der Waals surface area contributed by atoms with Crippen molar-refractivity contribution in [2.45, 2.75) is 0 Å². The van der Waals surface area contributed by atoms with Crippen LogP contribution in [0.3, 0.4) is 0 Å². The maximum atomic E-state index is 13.0. The summed E-state index contributed by atoms with van der Waals surface area (Å²) in [4.78, 5) is 31.6. The van der Waals surface area contributed by atoms with E-state index in [2.05, 4.69) is 4.98 Å². The van der Waals surface area contributed by atoms with Crippen molar-refractivity contribution in [2.24, 2.45) is 0 Å². The van der Waals surface area contributed by atoms with E-state index >= 15 is 0 Å². The molecular weight excluding hydrogens is 388 g/mol. The molecule has 0 saturated heterocycles. The number of benzene rings is 2. The van der Waals surface area contributed by atoms with Gasteiger partial charge in [-0.05, 0) is 38.4 Å². The Morgan fingerprint density at radius 2 is 1.78 bits per heavy atom. The molecule has 0 aliphatic carbocycles. The molecule has 9 heteroatoms. The first-order valence-electron chi connectivity index (χ1n) is 8.02. The standard InChI is InChI=1S/C18H18N4O3S.ClH/c1-20(2)11-12-21(18-19-15-5-3-4-6-16(15)26-18)17(23)13-7-9-14(10-8-13)22(24)25;/h3-10H,11-12H2,1-2H3;1H. The minimum Gasteiger partial charge on any atom is -0.308 e. The van der Waals surface area contributed by atoms with Crippen molar-refractivity contribution < 1.29 is 9.72 Å². The predicted octanol–water partition coefficient (Wildman–Crippen LogP) is 3.83. The van der Waals surface area contributed by atoms with Crippen LogP contribution in [-0.2, 0) is 0 Å². The van der Waals surface area contributed by atoms with E-state index in [-0.39, 0.29) is 24.0 Å². The summed E-state index contributed by atoms with van der Waals surface area (Å²) in [6.45, 7) is 1.15. The van der Waals surface area contributed by atoms with Gasteiger partial charge < -0.3 is 4.90 Å². The highest BCUT2D eigenvalue weighted by Crippen LogP contribution is 2.29. The number of nitro groups is 1. The lowest BCUT2D eigenvalue weighted by Crippen LogP contribution is -2.36. The number of likely N-dealkylation sites (N-methyl/N-ethyl adjacent to an activating group) is 1. The van der Waals surface area contributed by atoms with E-state index in [1.54, 1.807) is 4.90 Å². The number of hydrogen-bond acceptors (Lipinski definition) is 6. The number of halogens is 1. The second kappa shape index (κ2) is 8.90. The molecule has 0 radical (unpaired) electrons. The number of nitro benzene ring substituents is 1. The molecule has 142 valence electrons. The third-order valence-electron chi connectivity index (χ3n) is 3.85. The van der Waals surface area contributed by atoms with Gasteiger partial charge in [0.1, 0.15) is 0 Å². The molecule has 27 heavy (non-hydrogen) atoms. The van der Waals surface area contributed by atoms with Gasteiger partial charge >= 0.3 is 0 Å². The first-order valence-corrected chi connectivity index (χ1v) is 8.84. The summed E-state index contributed by atoms with van der Waals surface area (Å²) in [7, 11) is 3.87. The zero-order valence-electron chi connectivity index (χ0n) is 14.9. The molecule has 3 aromatic rings. The number of para-hydroxylation sites is 1. The lowest BCUT2D eigenvalue weighted by Gasteiger charge is -2.22. The van der Waals surface area contributed by atoms with Crippen molar-refractivity contribution in [2.75, 3.05) is 32.1 Å². The fourth-order valence-corrected chi connectivity index (χ4v) is 3.43. The number of amides is 1. The average Bonchev–Trinajstić information content (AvgIpc) is 3.05. The topological polar surface area (TPSA) is 79.6 Å². The molecule has 0 atom stereocenters. The summed E-state index contributed by atoms with van der Waals surface area (Å²) >= 11 is 1.46. The molecule has 0 N–H and O–H groups in total. The van der Waals surface area contributed by atoms with E-state index < -0.39 is 4.92 Å². The Labute approximate surface area is 166 Å². The summed E-state index contributed by atoms with van der Waals surface area (Å²) < 4.78 is 1.01. The van der Waals surface area contributed by atoms with E-state index in [0.29, 0.717) is 23.8 Å². The molecule has 0 aliphatic rings. The van der Waals surface area contributed by atoms with Crippen molar-refractivity contribution in [3.05, 3.63) is 64.2 Å². The van der Waals surface area contributed by atoms with Crippen LogP contribution in [0.25, 0.3) is 10.2 Å². The molecule has 0 aliphatic heterocycles. The third kappa shape index (κ3) is 4.79. The molecule has 0 bridgehead atoms. The molecule has 1 amide bonds. The number of thiazole rings is 1. The van der Waals surface area contributed by atoms with Crippen molar-refractivity contribution in [3.63, 3.8) is 0 Å². The van der Waals surface area contributed by atoms with Crippen LogP contribution < -0.4 is 4.90 Å². The van der Waals surface area contributed by atoms with Gasteiger partial charge in [-0.1, -0.05) is 23.5 Å². The summed E-state index contributed by atoms with van der Waals surface area (Å²) in [5, 5.41) is 11.4. The minimum atomic E-state index is -0.481. The second-order valence-corrected chi connectivity index (χ2v) is 7.04. The molecule has 3 rings (SSSR count). The van der Waals surface area contributed by atoms with Gasteiger partial charge in [0.15, 0.2) is 5.13 Å². The highest BCUT2D eigenvalue weighted by Gasteiger charge is 2.22. The van der Waals surface area contributed by atoms with Crippen molar-refractivity contribution >= 4 is 50.7 Å². The zero-order valence-corrected chi connectivity index (χ0v) is 16.5. The number of hydrogen-bond donors (Lipinski definition) is 0. The summed E-state index contributed by atoms with van der Waals surface area (Å²) in [5.74, 6) is -0.221. The smallest absolute Gasteiger partial charge is 0.269 e. The van der Waals surface area contributed by atoms with Crippen LogP contribution in [0.15, 0.2) is 48.5 Å². The lowest BCUT2D eigenvalue weighted by atomic mass is 10.2. The predicted molar refractivity (Wildman–Crippen MR) is 110 cm³/mol. The fourth-order valence-electron chi connectivity index (χ4n) is 2.44. The highest BCUT2D eigenvalue weighted by molar-refractivity contribution is 7.22. The van der Waals surface area contributed by atoms with Gasteiger partial charge in [-0.3, -0.25) is 19.8 Å². The Hall–Kier alpha value is -2.55. The summed E-state index contributed by atoms with van der Waals surface area (Å²) in [6, 6.07) is 13.4. The monoisotopic (exact) mass is 406 g/mol. The van der Waals surface area contributed by atoms with Crippen LogP contribution in [0.2, 0.25) is 0 Å². The highest BCUT2D eigenvalue weighted by atomic mass is 35.5. The number of carbonyl (C=O) groups excluding carboxylic acids is 1. The van der Waals surface area contributed by atoms with Crippen LogP contribution in [0.5, 0.6) is 0 Å². The molecule has 1 heterocycles. The fraction of sp³-hybridized carbons (Fsp3) is 0.222. The van der Waals surface area contributed by atoms with E-state index in [0.717, 1.165) is 10.2 Å². The number of nitrogens with zero attached hydrogens (tertiary/aromatic N) is 4. The molecule has 0 fully saturated rings. The van der Waals surface area contributed by atoms with Crippen LogP contribution >= 0.6 is 23.7 Å². The first-order chi connectivity index (χ1) is 12.5. The van der Waals surface area contributed by atoms with Gasteiger partial charge in [0.25, 0.3) is 11.6 Å². The Kier molecular flexibility index (Phi) is 6.84. The Balaban J connectivity index is 0.00000261. The number of rotatable bonds is 6. The molecule has 7 nitrogen and oxygen atoms in total. The van der Waals surface area contributed by atoms with Crippen LogP contribution in [0.1, 0.15) is 10.4 Å². The van der Waals surface area contributed by atoms with Gasteiger partial charge in [-0.15, -0.1) is 12.4 Å². The maximum Gasteiger partial charge on any atom is 0.269 e. The molecule has 0 saturated carbocycles. The lowest BCUT2D eigenvalue weighted by molar-refractivity contribution is -0.384. The molecular formula is C18H19ClN4O3S. The van der Waals surface area contributed by atoms with Crippen LogP contribution in [-0.4, -0.2) is 47.9 Å². The van der Waals surface area contributed by atoms with Crippen LogP contribution in [0.4, 0.5) is 10.8 Å². The average molecular weight is 407 g/mol. The van der Waals surface area contributed by atoms with E-state index in [4.69, 9.17) is 0 Å². The molecule has 0 unspecified atom stereocenters. The first kappa shape index (κ1) is 20.8.